The maximum absolute atomic E-state index is 14.6. The van der Waals surface area contributed by atoms with E-state index in [0.29, 0.717) is 30.6 Å². The molecule has 0 aliphatic carbocycles. The van der Waals surface area contributed by atoms with Gasteiger partial charge in [0.2, 0.25) is 0 Å². The number of hydroxylamine groups is 1. The molecule has 5 fully saturated rings. The highest BCUT2D eigenvalue weighted by Crippen LogP contribution is 2.39. The van der Waals surface area contributed by atoms with Crippen LogP contribution in [-0.2, 0) is 4.84 Å². The van der Waals surface area contributed by atoms with Crippen molar-refractivity contribution in [1.82, 2.24) is 19.8 Å². The molecule has 1 N–H and O–H groups in total. The van der Waals surface area contributed by atoms with Crippen molar-refractivity contribution in [2.75, 3.05) is 61.7 Å². The fourth-order valence-corrected chi connectivity index (χ4v) is 7.37. The fourth-order valence-electron chi connectivity index (χ4n) is 7.37. The number of piperazine rings is 1. The second-order valence-corrected chi connectivity index (χ2v) is 11.9. The van der Waals surface area contributed by atoms with E-state index in [2.05, 4.69) is 49.0 Å². The standard InChI is InChI=1S/C32H39F2N7O2/c1-3-38-19-23-17-24(20-38)40(23)21-10-14-39(15-11-21)22-7-8-27(29(18-22)42-2)36-30-9-13-35-32(37-30)41-28(12-16-43-41)25-5-4-6-26(33)31(25)34/h4-9,13,18,21,23-24,28H,3,10-12,14-17,19-20H2,1-2H3,(H,35,36,37). The second-order valence-electron chi connectivity index (χ2n) is 11.9. The zero-order valence-corrected chi connectivity index (χ0v) is 24.8. The van der Waals surface area contributed by atoms with Gasteiger partial charge in [-0.2, -0.15) is 4.98 Å². The van der Waals surface area contributed by atoms with E-state index in [1.807, 2.05) is 6.07 Å². The van der Waals surface area contributed by atoms with Gasteiger partial charge in [0.25, 0.3) is 5.95 Å². The van der Waals surface area contributed by atoms with E-state index in [9.17, 15) is 8.78 Å². The smallest absolute Gasteiger partial charge is 0.252 e. The second kappa shape index (κ2) is 11.9. The number of hydrogen-bond acceptors (Lipinski definition) is 9. The van der Waals surface area contributed by atoms with Gasteiger partial charge in [-0.1, -0.05) is 19.1 Å². The highest BCUT2D eigenvalue weighted by atomic mass is 19.2. The van der Waals surface area contributed by atoms with Gasteiger partial charge in [-0.25, -0.2) is 18.8 Å². The summed E-state index contributed by atoms with van der Waals surface area (Å²) in [7, 11) is 1.67. The van der Waals surface area contributed by atoms with Crippen LogP contribution in [0.25, 0.3) is 0 Å². The Bertz CT molecular complexity index is 1440. The van der Waals surface area contributed by atoms with Crippen LogP contribution in [0.1, 0.15) is 44.2 Å². The zero-order chi connectivity index (χ0) is 29.5. The number of fused-ring (bicyclic) bond motifs is 2. The molecule has 11 heteroatoms. The van der Waals surface area contributed by atoms with Gasteiger partial charge in [-0.05, 0) is 50.1 Å². The van der Waals surface area contributed by atoms with Crippen LogP contribution in [-0.4, -0.2) is 84.3 Å². The SMILES string of the molecule is CCN1CC2CC(C1)N2C1CCN(c2ccc(Nc3ccnc(N4OCCC4c4cccc(F)c4F)n3)c(OC)c2)CC1. The molecule has 0 saturated carbocycles. The number of halogens is 2. The van der Waals surface area contributed by atoms with E-state index < -0.39 is 17.7 Å². The van der Waals surface area contributed by atoms with Gasteiger partial charge in [0.1, 0.15) is 11.6 Å². The zero-order valence-electron chi connectivity index (χ0n) is 24.8. The summed E-state index contributed by atoms with van der Waals surface area (Å²) in [5.74, 6) is -0.245. The molecular formula is C32H39F2N7O2. The third-order valence-electron chi connectivity index (χ3n) is 9.56. The molecule has 9 nitrogen and oxygen atoms in total. The Labute approximate surface area is 251 Å². The molecule has 43 heavy (non-hydrogen) atoms. The molecule has 0 radical (unpaired) electrons. The number of benzene rings is 2. The minimum Gasteiger partial charge on any atom is -0.494 e. The van der Waals surface area contributed by atoms with Crippen LogP contribution in [0.3, 0.4) is 0 Å². The number of methoxy groups -OCH3 is 1. The molecule has 8 rings (SSSR count). The number of rotatable bonds is 8. The Morgan fingerprint density at radius 1 is 1.02 bits per heavy atom. The highest BCUT2D eigenvalue weighted by Gasteiger charge is 2.47. The lowest BCUT2D eigenvalue weighted by Gasteiger charge is -2.60. The largest absolute Gasteiger partial charge is 0.494 e. The van der Waals surface area contributed by atoms with Crippen LogP contribution in [0.4, 0.5) is 31.9 Å². The van der Waals surface area contributed by atoms with Crippen LogP contribution in [0.5, 0.6) is 5.75 Å². The molecule has 5 aliphatic heterocycles. The molecule has 6 heterocycles. The molecule has 5 saturated heterocycles. The Balaban J connectivity index is 1.01. The molecule has 3 aromatic rings. The molecule has 2 bridgehead atoms. The lowest BCUT2D eigenvalue weighted by atomic mass is 9.83. The van der Waals surface area contributed by atoms with Crippen molar-refractivity contribution < 1.29 is 18.4 Å². The van der Waals surface area contributed by atoms with Crippen LogP contribution in [0, 0.1) is 11.6 Å². The number of nitrogens with one attached hydrogen (secondary N) is 1. The quantitative estimate of drug-likeness (QED) is 0.384. The Morgan fingerprint density at radius 2 is 1.84 bits per heavy atom. The maximum Gasteiger partial charge on any atom is 0.252 e. The van der Waals surface area contributed by atoms with Gasteiger partial charge >= 0.3 is 0 Å². The summed E-state index contributed by atoms with van der Waals surface area (Å²) >= 11 is 0. The third kappa shape index (κ3) is 5.38. The van der Waals surface area contributed by atoms with Crippen LogP contribution < -0.4 is 20.0 Å². The molecule has 2 aromatic carbocycles. The molecule has 0 spiro atoms. The van der Waals surface area contributed by atoms with E-state index in [4.69, 9.17) is 9.57 Å². The number of hydrogen-bond donors (Lipinski definition) is 1. The third-order valence-corrected chi connectivity index (χ3v) is 9.56. The van der Waals surface area contributed by atoms with Gasteiger partial charge < -0.3 is 19.9 Å². The summed E-state index contributed by atoms with van der Waals surface area (Å²) in [4.78, 5) is 22.6. The monoisotopic (exact) mass is 591 g/mol. The molecule has 1 aromatic heterocycles. The van der Waals surface area contributed by atoms with Gasteiger partial charge in [0, 0.05) is 74.2 Å². The predicted octanol–water partition coefficient (Wildman–Crippen LogP) is 5.14. The number of anilines is 4. The first-order valence-corrected chi connectivity index (χ1v) is 15.4. The van der Waals surface area contributed by atoms with Crippen molar-refractivity contribution in [3.8, 4) is 5.75 Å². The van der Waals surface area contributed by atoms with Crippen molar-refractivity contribution >= 4 is 23.1 Å². The highest BCUT2D eigenvalue weighted by molar-refractivity contribution is 5.69. The van der Waals surface area contributed by atoms with E-state index in [1.165, 1.54) is 43.5 Å². The molecular weight excluding hydrogens is 552 g/mol. The fraction of sp³-hybridized carbons (Fsp3) is 0.500. The average Bonchev–Trinajstić information content (AvgIpc) is 3.53. The molecule has 0 amide bonds. The first-order chi connectivity index (χ1) is 21.0. The minimum absolute atomic E-state index is 0.219. The normalized spacial score (nSPS) is 24.7. The van der Waals surface area contributed by atoms with Crippen molar-refractivity contribution in [3.05, 3.63) is 65.9 Å². The van der Waals surface area contributed by atoms with Crippen LogP contribution in [0.15, 0.2) is 48.7 Å². The summed E-state index contributed by atoms with van der Waals surface area (Å²) < 4.78 is 34.3. The lowest BCUT2D eigenvalue weighted by Crippen LogP contribution is -2.71. The summed E-state index contributed by atoms with van der Waals surface area (Å²) in [6.07, 6.45) is 5.84. The summed E-state index contributed by atoms with van der Waals surface area (Å²) in [5, 5.41) is 4.80. The Hall–Kier alpha value is -3.54. The van der Waals surface area contributed by atoms with E-state index in [1.54, 1.807) is 25.4 Å². The Kier molecular flexibility index (Phi) is 7.79. The van der Waals surface area contributed by atoms with Crippen LogP contribution >= 0.6 is 0 Å². The van der Waals surface area contributed by atoms with Gasteiger partial charge in [0.05, 0.1) is 25.4 Å². The minimum atomic E-state index is -0.887. The molecule has 3 unspecified atom stereocenters. The lowest BCUT2D eigenvalue weighted by molar-refractivity contribution is -0.0988. The van der Waals surface area contributed by atoms with Crippen molar-refractivity contribution in [3.63, 3.8) is 0 Å². The van der Waals surface area contributed by atoms with Gasteiger partial charge in [-0.15, -0.1) is 0 Å². The average molecular weight is 592 g/mol. The summed E-state index contributed by atoms with van der Waals surface area (Å²) in [5.41, 5.74) is 2.14. The number of likely N-dealkylation sites (N-methyl/N-ethyl adjacent to an activating group) is 1. The van der Waals surface area contributed by atoms with E-state index in [0.717, 1.165) is 49.2 Å². The number of ether oxygens (including phenoxy) is 1. The first-order valence-electron chi connectivity index (χ1n) is 15.4. The Morgan fingerprint density at radius 3 is 2.60 bits per heavy atom. The molecule has 228 valence electrons. The number of aromatic nitrogens is 2. The number of piperidine rings is 2. The van der Waals surface area contributed by atoms with Crippen molar-refractivity contribution in [2.45, 2.75) is 56.8 Å². The van der Waals surface area contributed by atoms with Crippen LogP contribution in [0.2, 0.25) is 0 Å². The molecule has 3 atom stereocenters. The topological polar surface area (TPSA) is 69.2 Å². The van der Waals surface area contributed by atoms with E-state index >= 15 is 0 Å². The summed E-state index contributed by atoms with van der Waals surface area (Å²) in [6, 6.07) is 13.8. The van der Waals surface area contributed by atoms with Crippen molar-refractivity contribution in [2.24, 2.45) is 0 Å². The molecule has 5 aliphatic rings. The summed E-state index contributed by atoms with van der Waals surface area (Å²) in [6.45, 7) is 8.30. The van der Waals surface area contributed by atoms with Gasteiger partial charge in [-0.3, -0.25) is 9.74 Å². The van der Waals surface area contributed by atoms with Gasteiger partial charge in [0.15, 0.2) is 11.6 Å². The van der Waals surface area contributed by atoms with Crippen molar-refractivity contribution in [1.29, 1.82) is 0 Å². The first kappa shape index (κ1) is 28.2. The number of nitrogens with zero attached hydrogens (tertiary/aromatic N) is 6. The predicted molar refractivity (Wildman–Crippen MR) is 162 cm³/mol. The van der Waals surface area contributed by atoms with E-state index in [-0.39, 0.29) is 11.5 Å². The maximum atomic E-state index is 14.6.